The molecular formula is C17H21N3O. The Kier molecular flexibility index (Phi) is 4.58. The lowest BCUT2D eigenvalue weighted by Gasteiger charge is -2.20. The standard InChI is InChI=1S/C17H21N3O/c1-17(2,3)20-16(21)15-10-9-14(12-19-15)18-11-13-7-5-4-6-8-13/h4-10,12,18H,11H2,1-3H3,(H,20,21). The van der Waals surface area contributed by atoms with Crippen molar-refractivity contribution in [1.29, 1.82) is 0 Å². The average Bonchev–Trinajstić information content (AvgIpc) is 2.45. The summed E-state index contributed by atoms with van der Waals surface area (Å²) in [6.07, 6.45) is 1.68. The zero-order valence-electron chi connectivity index (χ0n) is 12.7. The summed E-state index contributed by atoms with van der Waals surface area (Å²) < 4.78 is 0. The van der Waals surface area contributed by atoms with E-state index in [1.807, 2.05) is 45.0 Å². The average molecular weight is 283 g/mol. The lowest BCUT2D eigenvalue weighted by atomic mass is 10.1. The lowest BCUT2D eigenvalue weighted by molar-refractivity contribution is 0.0914. The highest BCUT2D eigenvalue weighted by atomic mass is 16.2. The van der Waals surface area contributed by atoms with Gasteiger partial charge in [0.1, 0.15) is 5.69 Å². The molecule has 0 fully saturated rings. The van der Waals surface area contributed by atoms with Crippen molar-refractivity contribution in [3.8, 4) is 0 Å². The number of amides is 1. The van der Waals surface area contributed by atoms with E-state index in [0.29, 0.717) is 5.69 Å². The van der Waals surface area contributed by atoms with Gasteiger partial charge in [0.05, 0.1) is 11.9 Å². The molecule has 0 saturated heterocycles. The number of anilines is 1. The van der Waals surface area contributed by atoms with Crippen LogP contribution in [0.1, 0.15) is 36.8 Å². The maximum Gasteiger partial charge on any atom is 0.270 e. The molecule has 0 unspecified atom stereocenters. The highest BCUT2D eigenvalue weighted by molar-refractivity contribution is 5.92. The van der Waals surface area contributed by atoms with E-state index in [-0.39, 0.29) is 11.4 Å². The largest absolute Gasteiger partial charge is 0.380 e. The van der Waals surface area contributed by atoms with Gasteiger partial charge in [-0.2, -0.15) is 0 Å². The summed E-state index contributed by atoms with van der Waals surface area (Å²) in [4.78, 5) is 16.2. The third-order valence-electron chi connectivity index (χ3n) is 2.82. The van der Waals surface area contributed by atoms with E-state index in [9.17, 15) is 4.79 Å². The maximum absolute atomic E-state index is 12.0. The van der Waals surface area contributed by atoms with E-state index >= 15 is 0 Å². The van der Waals surface area contributed by atoms with Gasteiger partial charge in [-0.25, -0.2) is 4.98 Å². The first kappa shape index (κ1) is 15.0. The number of nitrogens with zero attached hydrogens (tertiary/aromatic N) is 1. The number of carbonyl (C=O) groups is 1. The number of nitrogens with one attached hydrogen (secondary N) is 2. The molecule has 2 N–H and O–H groups in total. The summed E-state index contributed by atoms with van der Waals surface area (Å²) in [5.74, 6) is -0.155. The van der Waals surface area contributed by atoms with Gasteiger partial charge in [-0.1, -0.05) is 30.3 Å². The first-order valence-electron chi connectivity index (χ1n) is 7.00. The Morgan fingerprint density at radius 2 is 1.81 bits per heavy atom. The quantitative estimate of drug-likeness (QED) is 0.906. The van der Waals surface area contributed by atoms with E-state index in [0.717, 1.165) is 12.2 Å². The van der Waals surface area contributed by atoms with Gasteiger partial charge in [0, 0.05) is 12.1 Å². The molecule has 1 aromatic heterocycles. The summed E-state index contributed by atoms with van der Waals surface area (Å²) in [6, 6.07) is 13.7. The number of hydrogen-bond donors (Lipinski definition) is 2. The van der Waals surface area contributed by atoms with Crippen molar-refractivity contribution >= 4 is 11.6 Å². The Morgan fingerprint density at radius 3 is 2.38 bits per heavy atom. The van der Waals surface area contributed by atoms with E-state index in [1.54, 1.807) is 12.3 Å². The molecule has 0 aliphatic rings. The van der Waals surface area contributed by atoms with Gasteiger partial charge in [0.15, 0.2) is 0 Å². The van der Waals surface area contributed by atoms with Gasteiger partial charge in [-0.15, -0.1) is 0 Å². The van der Waals surface area contributed by atoms with E-state index in [2.05, 4.69) is 27.8 Å². The number of aromatic nitrogens is 1. The van der Waals surface area contributed by atoms with Crippen LogP contribution < -0.4 is 10.6 Å². The smallest absolute Gasteiger partial charge is 0.270 e. The Hall–Kier alpha value is -2.36. The van der Waals surface area contributed by atoms with Crippen molar-refractivity contribution in [2.45, 2.75) is 32.9 Å². The fourth-order valence-electron chi connectivity index (χ4n) is 1.84. The zero-order valence-corrected chi connectivity index (χ0v) is 12.7. The van der Waals surface area contributed by atoms with Gasteiger partial charge < -0.3 is 10.6 Å². The van der Waals surface area contributed by atoms with Crippen molar-refractivity contribution in [3.05, 3.63) is 59.9 Å². The van der Waals surface area contributed by atoms with Crippen molar-refractivity contribution in [1.82, 2.24) is 10.3 Å². The van der Waals surface area contributed by atoms with E-state index in [4.69, 9.17) is 0 Å². The predicted molar refractivity (Wildman–Crippen MR) is 85.2 cm³/mol. The number of rotatable bonds is 4. The van der Waals surface area contributed by atoms with Gasteiger partial charge in [0.2, 0.25) is 0 Å². The van der Waals surface area contributed by atoms with Crippen LogP contribution in [0.2, 0.25) is 0 Å². The van der Waals surface area contributed by atoms with Crippen LogP contribution in [0.5, 0.6) is 0 Å². The van der Waals surface area contributed by atoms with Gasteiger partial charge >= 0.3 is 0 Å². The maximum atomic E-state index is 12.0. The number of pyridine rings is 1. The third kappa shape index (κ3) is 4.91. The summed E-state index contributed by atoms with van der Waals surface area (Å²) in [6.45, 7) is 6.57. The summed E-state index contributed by atoms with van der Waals surface area (Å²) in [7, 11) is 0. The van der Waals surface area contributed by atoms with Crippen LogP contribution in [0.4, 0.5) is 5.69 Å². The van der Waals surface area contributed by atoms with E-state index in [1.165, 1.54) is 5.56 Å². The minimum atomic E-state index is -0.261. The second kappa shape index (κ2) is 6.39. The molecule has 1 amide bonds. The highest BCUT2D eigenvalue weighted by Crippen LogP contribution is 2.10. The van der Waals surface area contributed by atoms with E-state index < -0.39 is 0 Å². The monoisotopic (exact) mass is 283 g/mol. The summed E-state index contributed by atoms with van der Waals surface area (Å²) >= 11 is 0. The molecule has 0 bridgehead atoms. The number of hydrogen-bond acceptors (Lipinski definition) is 3. The SMILES string of the molecule is CC(C)(C)NC(=O)c1ccc(NCc2ccccc2)cn1. The number of benzene rings is 1. The lowest BCUT2D eigenvalue weighted by Crippen LogP contribution is -2.40. The minimum absolute atomic E-state index is 0.155. The van der Waals surface area contributed by atoms with Gasteiger partial charge in [-0.05, 0) is 38.5 Å². The molecular weight excluding hydrogens is 262 g/mol. The zero-order chi connectivity index (χ0) is 15.3. The molecule has 0 atom stereocenters. The number of carbonyl (C=O) groups excluding carboxylic acids is 1. The molecule has 110 valence electrons. The minimum Gasteiger partial charge on any atom is -0.380 e. The Balaban J connectivity index is 1.94. The molecule has 4 nitrogen and oxygen atoms in total. The highest BCUT2D eigenvalue weighted by Gasteiger charge is 2.15. The third-order valence-corrected chi connectivity index (χ3v) is 2.82. The van der Waals surface area contributed by atoms with Crippen LogP contribution in [0.25, 0.3) is 0 Å². The molecule has 0 saturated carbocycles. The van der Waals surface area contributed by atoms with Crippen molar-refractivity contribution in [2.24, 2.45) is 0 Å². The van der Waals surface area contributed by atoms with Crippen LogP contribution in [-0.4, -0.2) is 16.4 Å². The molecule has 2 rings (SSSR count). The molecule has 0 aliphatic heterocycles. The summed E-state index contributed by atoms with van der Waals surface area (Å²) in [5.41, 5.74) is 2.26. The van der Waals surface area contributed by atoms with Crippen molar-refractivity contribution < 1.29 is 4.79 Å². The van der Waals surface area contributed by atoms with Crippen LogP contribution in [0.15, 0.2) is 48.7 Å². The molecule has 4 heteroatoms. The molecule has 0 radical (unpaired) electrons. The Bertz CT molecular complexity index is 586. The van der Waals surface area contributed by atoms with Crippen LogP contribution in [0.3, 0.4) is 0 Å². The second-order valence-electron chi connectivity index (χ2n) is 5.98. The normalized spacial score (nSPS) is 11.0. The summed E-state index contributed by atoms with van der Waals surface area (Å²) in [5, 5.41) is 6.17. The molecule has 0 spiro atoms. The molecule has 1 heterocycles. The van der Waals surface area contributed by atoms with Gasteiger partial charge in [0.25, 0.3) is 5.91 Å². The molecule has 0 aliphatic carbocycles. The molecule has 1 aromatic carbocycles. The first-order valence-corrected chi connectivity index (χ1v) is 7.00. The Labute approximate surface area is 125 Å². The van der Waals surface area contributed by atoms with Crippen LogP contribution in [0, 0.1) is 0 Å². The topological polar surface area (TPSA) is 54.0 Å². The predicted octanol–water partition coefficient (Wildman–Crippen LogP) is 3.22. The fraction of sp³-hybridized carbons (Fsp3) is 0.294. The second-order valence-corrected chi connectivity index (χ2v) is 5.98. The fourth-order valence-corrected chi connectivity index (χ4v) is 1.84. The van der Waals surface area contributed by atoms with Gasteiger partial charge in [-0.3, -0.25) is 4.79 Å². The first-order chi connectivity index (χ1) is 9.94. The van der Waals surface area contributed by atoms with Crippen LogP contribution >= 0.6 is 0 Å². The van der Waals surface area contributed by atoms with Crippen LogP contribution in [-0.2, 0) is 6.54 Å². The molecule has 2 aromatic rings. The van der Waals surface area contributed by atoms with Crippen molar-refractivity contribution in [2.75, 3.05) is 5.32 Å². The Morgan fingerprint density at radius 1 is 1.10 bits per heavy atom. The molecule has 21 heavy (non-hydrogen) atoms. The van der Waals surface area contributed by atoms with Crippen molar-refractivity contribution in [3.63, 3.8) is 0 Å².